The molecule has 3 heteroatoms. The zero-order valence-corrected chi connectivity index (χ0v) is 12.8. The summed E-state index contributed by atoms with van der Waals surface area (Å²) >= 11 is 0. The van der Waals surface area contributed by atoms with E-state index < -0.39 is 0 Å². The zero-order chi connectivity index (χ0) is 12.5. The number of aryl methyl sites for hydroxylation is 1. The monoisotopic (exact) mass is 280 g/mol. The molecule has 2 bridgehead atoms. The van der Waals surface area contributed by atoms with E-state index in [9.17, 15) is 0 Å². The molecule has 19 heavy (non-hydrogen) atoms. The predicted octanol–water partition coefficient (Wildman–Crippen LogP) is 3.05. The summed E-state index contributed by atoms with van der Waals surface area (Å²) in [5.41, 5.74) is 4.40. The highest BCUT2D eigenvalue weighted by Crippen LogP contribution is 2.22. The molecule has 2 heterocycles. The quantitative estimate of drug-likeness (QED) is 0.896. The summed E-state index contributed by atoms with van der Waals surface area (Å²) in [5.74, 6) is 0. The van der Waals surface area contributed by atoms with Gasteiger partial charge in [0.15, 0.2) is 0 Å². The first-order valence-electron chi connectivity index (χ1n) is 7.26. The summed E-state index contributed by atoms with van der Waals surface area (Å²) < 4.78 is 0. The second-order valence-electron chi connectivity index (χ2n) is 6.02. The number of fused-ring (bicyclic) bond motifs is 2. The normalized spacial score (nSPS) is 26.8. The molecule has 1 aromatic rings. The highest BCUT2D eigenvalue weighted by Gasteiger charge is 2.29. The number of benzene rings is 1. The van der Waals surface area contributed by atoms with Crippen LogP contribution in [0.15, 0.2) is 18.2 Å². The maximum Gasteiger partial charge on any atom is 0.0237 e. The Morgan fingerprint density at radius 3 is 2.79 bits per heavy atom. The van der Waals surface area contributed by atoms with E-state index in [2.05, 4.69) is 42.3 Å². The van der Waals surface area contributed by atoms with Gasteiger partial charge in [0.05, 0.1) is 0 Å². The van der Waals surface area contributed by atoms with Gasteiger partial charge in [0, 0.05) is 31.7 Å². The topological polar surface area (TPSA) is 15.3 Å². The van der Waals surface area contributed by atoms with Gasteiger partial charge in [0.2, 0.25) is 0 Å². The van der Waals surface area contributed by atoms with Gasteiger partial charge in [-0.25, -0.2) is 0 Å². The van der Waals surface area contributed by atoms with Crippen molar-refractivity contribution < 1.29 is 0 Å². The first kappa shape index (κ1) is 14.8. The van der Waals surface area contributed by atoms with Gasteiger partial charge >= 0.3 is 0 Å². The molecule has 0 aliphatic carbocycles. The fourth-order valence-electron chi connectivity index (χ4n) is 3.38. The summed E-state index contributed by atoms with van der Waals surface area (Å²) in [6.45, 7) is 8.07. The lowest BCUT2D eigenvalue weighted by atomic mass is 10.0. The Kier molecular flexibility index (Phi) is 4.88. The molecule has 2 atom stereocenters. The standard InChI is InChI=1S/C16H24N2.ClH/c1-12-4-3-5-14(13(12)2)10-18-9-8-15-6-7-16(11-18)17-15;/h3-5,15-17H,6-11H2,1-2H3;1H. The molecule has 1 aromatic carbocycles. The van der Waals surface area contributed by atoms with Crippen molar-refractivity contribution in [3.05, 3.63) is 34.9 Å². The second kappa shape index (κ2) is 6.25. The number of likely N-dealkylation sites (tertiary alicyclic amines) is 1. The van der Waals surface area contributed by atoms with E-state index in [1.54, 1.807) is 0 Å². The van der Waals surface area contributed by atoms with Crippen molar-refractivity contribution in [3.8, 4) is 0 Å². The fourth-order valence-corrected chi connectivity index (χ4v) is 3.38. The molecule has 0 amide bonds. The van der Waals surface area contributed by atoms with Crippen LogP contribution < -0.4 is 5.32 Å². The number of hydrogen-bond acceptors (Lipinski definition) is 2. The van der Waals surface area contributed by atoms with E-state index in [1.807, 2.05) is 0 Å². The van der Waals surface area contributed by atoms with Crippen molar-refractivity contribution in [1.29, 1.82) is 0 Å². The third kappa shape index (κ3) is 3.31. The average molecular weight is 281 g/mol. The Morgan fingerprint density at radius 1 is 1.16 bits per heavy atom. The molecule has 2 nitrogen and oxygen atoms in total. The van der Waals surface area contributed by atoms with E-state index in [0.29, 0.717) is 0 Å². The third-order valence-electron chi connectivity index (χ3n) is 4.72. The lowest BCUT2D eigenvalue weighted by molar-refractivity contribution is 0.250. The lowest BCUT2D eigenvalue weighted by Gasteiger charge is -2.25. The molecule has 1 N–H and O–H groups in total. The molecule has 3 rings (SSSR count). The van der Waals surface area contributed by atoms with E-state index in [4.69, 9.17) is 0 Å². The minimum atomic E-state index is 0. The fraction of sp³-hybridized carbons (Fsp3) is 0.625. The summed E-state index contributed by atoms with van der Waals surface area (Å²) in [6.07, 6.45) is 4.08. The summed E-state index contributed by atoms with van der Waals surface area (Å²) in [4.78, 5) is 2.64. The number of rotatable bonds is 2. The summed E-state index contributed by atoms with van der Waals surface area (Å²) in [6, 6.07) is 8.23. The van der Waals surface area contributed by atoms with Crippen LogP contribution in [0.25, 0.3) is 0 Å². The predicted molar refractivity (Wildman–Crippen MR) is 83.0 cm³/mol. The Balaban J connectivity index is 0.00000133. The van der Waals surface area contributed by atoms with Crippen molar-refractivity contribution in [2.45, 2.75) is 51.7 Å². The first-order valence-corrected chi connectivity index (χ1v) is 7.26. The van der Waals surface area contributed by atoms with Crippen molar-refractivity contribution in [1.82, 2.24) is 10.2 Å². The zero-order valence-electron chi connectivity index (χ0n) is 12.0. The van der Waals surface area contributed by atoms with Gasteiger partial charge in [0.1, 0.15) is 0 Å². The molecular weight excluding hydrogens is 256 g/mol. The van der Waals surface area contributed by atoms with Gasteiger partial charge in [-0.05, 0) is 49.8 Å². The third-order valence-corrected chi connectivity index (χ3v) is 4.72. The second-order valence-corrected chi connectivity index (χ2v) is 6.02. The molecule has 2 saturated heterocycles. The number of hydrogen-bond donors (Lipinski definition) is 1. The first-order chi connectivity index (χ1) is 8.72. The summed E-state index contributed by atoms with van der Waals surface area (Å²) in [5, 5.41) is 3.75. The number of nitrogens with zero attached hydrogens (tertiary/aromatic N) is 1. The van der Waals surface area contributed by atoms with Gasteiger partial charge < -0.3 is 5.32 Å². The van der Waals surface area contributed by atoms with Crippen LogP contribution in [0.4, 0.5) is 0 Å². The summed E-state index contributed by atoms with van der Waals surface area (Å²) in [7, 11) is 0. The molecular formula is C16H25ClN2. The SMILES string of the molecule is Cc1cccc(CN2CCC3CCC(C2)N3)c1C.Cl. The molecule has 0 aromatic heterocycles. The van der Waals surface area contributed by atoms with Crippen molar-refractivity contribution in [3.63, 3.8) is 0 Å². The molecule has 2 fully saturated rings. The lowest BCUT2D eigenvalue weighted by Crippen LogP contribution is -2.35. The van der Waals surface area contributed by atoms with E-state index in [1.165, 1.54) is 49.0 Å². The van der Waals surface area contributed by atoms with E-state index in [0.717, 1.165) is 18.6 Å². The Bertz CT molecular complexity index is 433. The Morgan fingerprint density at radius 2 is 1.95 bits per heavy atom. The number of nitrogens with one attached hydrogen (secondary N) is 1. The van der Waals surface area contributed by atoms with Crippen LogP contribution >= 0.6 is 12.4 Å². The van der Waals surface area contributed by atoms with Crippen molar-refractivity contribution >= 4 is 12.4 Å². The molecule has 2 aliphatic heterocycles. The van der Waals surface area contributed by atoms with Gasteiger partial charge in [-0.1, -0.05) is 18.2 Å². The smallest absolute Gasteiger partial charge is 0.0237 e. The molecule has 2 aliphatic rings. The van der Waals surface area contributed by atoms with Gasteiger partial charge in [-0.3, -0.25) is 4.90 Å². The molecule has 0 saturated carbocycles. The van der Waals surface area contributed by atoms with Crippen LogP contribution in [0.3, 0.4) is 0 Å². The van der Waals surface area contributed by atoms with Crippen LogP contribution in [0.5, 0.6) is 0 Å². The Hall–Kier alpha value is -0.570. The van der Waals surface area contributed by atoms with Crippen LogP contribution in [-0.2, 0) is 6.54 Å². The maximum atomic E-state index is 3.75. The van der Waals surface area contributed by atoms with Gasteiger partial charge in [-0.15, -0.1) is 12.4 Å². The molecule has 2 unspecified atom stereocenters. The van der Waals surface area contributed by atoms with Crippen LogP contribution in [0.2, 0.25) is 0 Å². The van der Waals surface area contributed by atoms with Crippen LogP contribution in [0.1, 0.15) is 36.0 Å². The minimum absolute atomic E-state index is 0. The maximum absolute atomic E-state index is 3.75. The van der Waals surface area contributed by atoms with Crippen LogP contribution in [-0.4, -0.2) is 30.1 Å². The highest BCUT2D eigenvalue weighted by molar-refractivity contribution is 5.85. The molecule has 106 valence electrons. The van der Waals surface area contributed by atoms with Crippen molar-refractivity contribution in [2.24, 2.45) is 0 Å². The minimum Gasteiger partial charge on any atom is -0.310 e. The Labute approximate surface area is 123 Å². The van der Waals surface area contributed by atoms with Crippen LogP contribution in [0, 0.1) is 13.8 Å². The van der Waals surface area contributed by atoms with Gasteiger partial charge in [-0.2, -0.15) is 0 Å². The van der Waals surface area contributed by atoms with Crippen molar-refractivity contribution in [2.75, 3.05) is 13.1 Å². The van der Waals surface area contributed by atoms with Gasteiger partial charge in [0.25, 0.3) is 0 Å². The van der Waals surface area contributed by atoms with E-state index >= 15 is 0 Å². The average Bonchev–Trinajstić information content (AvgIpc) is 2.68. The highest BCUT2D eigenvalue weighted by atomic mass is 35.5. The number of halogens is 1. The largest absolute Gasteiger partial charge is 0.310 e. The molecule has 0 radical (unpaired) electrons. The van der Waals surface area contributed by atoms with E-state index in [-0.39, 0.29) is 12.4 Å². The molecule has 0 spiro atoms.